The van der Waals surface area contributed by atoms with Crippen molar-refractivity contribution in [1.29, 1.82) is 0 Å². The third-order valence-corrected chi connectivity index (χ3v) is 6.44. The molecule has 2 N–H and O–H groups in total. The molecular formula is C32H23N. The highest BCUT2D eigenvalue weighted by Gasteiger charge is 2.19. The van der Waals surface area contributed by atoms with Crippen molar-refractivity contribution < 1.29 is 0 Å². The van der Waals surface area contributed by atoms with Gasteiger partial charge in [-0.25, -0.2) is 0 Å². The van der Waals surface area contributed by atoms with Gasteiger partial charge in [-0.1, -0.05) is 121 Å². The standard InChI is InChI=1S/C32H23N/c33-30-21-20-29(27-18-8-14-22-10-4-6-16-25(22)27)32(31(30)24-12-2-1-3-13-24)28-19-9-15-23-11-5-7-17-26(23)28/h1-21H,33H2. The largest absolute Gasteiger partial charge is 0.398 e. The number of nitrogens with two attached hydrogens (primary N) is 1. The molecule has 156 valence electrons. The van der Waals surface area contributed by atoms with Gasteiger partial charge in [0.1, 0.15) is 0 Å². The Hall–Kier alpha value is -4.36. The minimum atomic E-state index is 0.785. The molecule has 0 heterocycles. The summed E-state index contributed by atoms with van der Waals surface area (Å²) in [6.45, 7) is 0. The summed E-state index contributed by atoms with van der Waals surface area (Å²) in [5, 5.41) is 4.92. The van der Waals surface area contributed by atoms with Crippen LogP contribution in [0.25, 0.3) is 54.9 Å². The van der Waals surface area contributed by atoms with Crippen LogP contribution in [-0.4, -0.2) is 0 Å². The normalized spacial score (nSPS) is 11.2. The highest BCUT2D eigenvalue weighted by atomic mass is 14.6. The maximum absolute atomic E-state index is 6.69. The predicted molar refractivity (Wildman–Crippen MR) is 142 cm³/mol. The number of fused-ring (bicyclic) bond motifs is 2. The molecule has 0 bridgehead atoms. The van der Waals surface area contributed by atoms with Crippen molar-refractivity contribution in [2.24, 2.45) is 0 Å². The highest BCUT2D eigenvalue weighted by Crippen LogP contribution is 2.46. The Morgan fingerprint density at radius 2 is 0.909 bits per heavy atom. The second-order valence-electron chi connectivity index (χ2n) is 8.37. The molecule has 0 aliphatic heterocycles. The van der Waals surface area contributed by atoms with Crippen LogP contribution in [0.4, 0.5) is 5.69 Å². The minimum Gasteiger partial charge on any atom is -0.398 e. The van der Waals surface area contributed by atoms with Gasteiger partial charge in [-0.05, 0) is 49.9 Å². The van der Waals surface area contributed by atoms with E-state index < -0.39 is 0 Å². The van der Waals surface area contributed by atoms with Crippen LogP contribution >= 0.6 is 0 Å². The third kappa shape index (κ3) is 3.26. The highest BCUT2D eigenvalue weighted by molar-refractivity contribution is 6.10. The van der Waals surface area contributed by atoms with E-state index in [1.165, 1.54) is 43.8 Å². The van der Waals surface area contributed by atoms with Crippen LogP contribution in [0.5, 0.6) is 0 Å². The Morgan fingerprint density at radius 3 is 1.61 bits per heavy atom. The van der Waals surface area contributed by atoms with Gasteiger partial charge in [0, 0.05) is 16.8 Å². The van der Waals surface area contributed by atoms with Gasteiger partial charge in [0.15, 0.2) is 0 Å². The number of nitrogen functional groups attached to an aromatic ring is 1. The molecule has 1 heteroatoms. The van der Waals surface area contributed by atoms with Crippen molar-refractivity contribution in [2.75, 3.05) is 5.73 Å². The van der Waals surface area contributed by atoms with E-state index in [0.29, 0.717) is 0 Å². The number of rotatable bonds is 3. The Bertz CT molecular complexity index is 1600. The molecule has 6 aromatic carbocycles. The molecule has 0 aliphatic rings. The number of hydrogen-bond donors (Lipinski definition) is 1. The van der Waals surface area contributed by atoms with Gasteiger partial charge in [-0.2, -0.15) is 0 Å². The molecule has 0 radical (unpaired) electrons. The summed E-state index contributed by atoms with van der Waals surface area (Å²) < 4.78 is 0. The lowest BCUT2D eigenvalue weighted by Crippen LogP contribution is -1.97. The molecule has 6 aromatic rings. The predicted octanol–water partition coefficient (Wildman–Crippen LogP) is 8.58. The molecule has 0 unspecified atom stereocenters. The second-order valence-corrected chi connectivity index (χ2v) is 8.37. The summed E-state index contributed by atoms with van der Waals surface area (Å²) in [6, 6.07) is 44.9. The van der Waals surface area contributed by atoms with Crippen LogP contribution in [0.15, 0.2) is 127 Å². The van der Waals surface area contributed by atoms with Crippen molar-refractivity contribution in [3.8, 4) is 33.4 Å². The molecule has 0 aliphatic carbocycles. The first-order valence-electron chi connectivity index (χ1n) is 11.3. The second kappa shape index (κ2) is 7.96. The summed E-state index contributed by atoms with van der Waals surface area (Å²) in [5.74, 6) is 0. The number of hydrogen-bond acceptors (Lipinski definition) is 1. The van der Waals surface area contributed by atoms with Crippen LogP contribution in [0, 0.1) is 0 Å². The Labute approximate surface area is 193 Å². The van der Waals surface area contributed by atoms with E-state index in [-0.39, 0.29) is 0 Å². The van der Waals surface area contributed by atoms with Gasteiger partial charge >= 0.3 is 0 Å². The van der Waals surface area contributed by atoms with Crippen LogP contribution in [0.1, 0.15) is 0 Å². The van der Waals surface area contributed by atoms with E-state index in [9.17, 15) is 0 Å². The van der Waals surface area contributed by atoms with Gasteiger partial charge in [-0.3, -0.25) is 0 Å². The zero-order valence-corrected chi connectivity index (χ0v) is 18.2. The molecular weight excluding hydrogens is 398 g/mol. The lowest BCUT2D eigenvalue weighted by molar-refractivity contribution is 1.58. The zero-order chi connectivity index (χ0) is 22.2. The molecule has 0 atom stereocenters. The first-order chi connectivity index (χ1) is 16.3. The van der Waals surface area contributed by atoms with Gasteiger partial charge < -0.3 is 5.73 Å². The third-order valence-electron chi connectivity index (χ3n) is 6.44. The molecule has 0 saturated carbocycles. The van der Waals surface area contributed by atoms with Crippen molar-refractivity contribution in [2.45, 2.75) is 0 Å². The zero-order valence-electron chi connectivity index (χ0n) is 18.2. The van der Waals surface area contributed by atoms with E-state index in [1.54, 1.807) is 0 Å². The summed E-state index contributed by atoms with van der Waals surface area (Å²) >= 11 is 0. The minimum absolute atomic E-state index is 0.785. The quantitative estimate of drug-likeness (QED) is 0.285. The fraction of sp³-hybridized carbons (Fsp3) is 0. The van der Waals surface area contributed by atoms with E-state index in [4.69, 9.17) is 5.73 Å². The SMILES string of the molecule is Nc1ccc(-c2cccc3ccccc23)c(-c2cccc3ccccc23)c1-c1ccccc1. The van der Waals surface area contributed by atoms with Gasteiger partial charge in [0.25, 0.3) is 0 Å². The van der Waals surface area contributed by atoms with Gasteiger partial charge in [-0.15, -0.1) is 0 Å². The van der Waals surface area contributed by atoms with Crippen molar-refractivity contribution in [3.63, 3.8) is 0 Å². The summed E-state index contributed by atoms with van der Waals surface area (Å²) in [7, 11) is 0. The number of anilines is 1. The maximum Gasteiger partial charge on any atom is 0.0400 e. The molecule has 0 aromatic heterocycles. The van der Waals surface area contributed by atoms with E-state index >= 15 is 0 Å². The molecule has 6 rings (SSSR count). The van der Waals surface area contributed by atoms with Crippen LogP contribution in [0.3, 0.4) is 0 Å². The topological polar surface area (TPSA) is 26.0 Å². The fourth-order valence-corrected chi connectivity index (χ4v) is 4.94. The molecule has 33 heavy (non-hydrogen) atoms. The van der Waals surface area contributed by atoms with Crippen molar-refractivity contribution in [1.82, 2.24) is 0 Å². The Balaban J connectivity index is 1.79. The van der Waals surface area contributed by atoms with E-state index in [1.807, 2.05) is 12.1 Å². The Morgan fingerprint density at radius 1 is 0.364 bits per heavy atom. The van der Waals surface area contributed by atoms with Gasteiger partial charge in [0.2, 0.25) is 0 Å². The lowest BCUT2D eigenvalue weighted by Gasteiger charge is -2.20. The summed E-state index contributed by atoms with van der Waals surface area (Å²) in [5.41, 5.74) is 14.5. The fourth-order valence-electron chi connectivity index (χ4n) is 4.94. The van der Waals surface area contributed by atoms with E-state index in [0.717, 1.165) is 16.8 Å². The molecule has 0 spiro atoms. The van der Waals surface area contributed by atoms with Gasteiger partial charge in [0.05, 0.1) is 0 Å². The molecule has 0 fully saturated rings. The molecule has 0 amide bonds. The molecule has 0 saturated heterocycles. The summed E-state index contributed by atoms with van der Waals surface area (Å²) in [4.78, 5) is 0. The monoisotopic (exact) mass is 421 g/mol. The first-order valence-corrected chi connectivity index (χ1v) is 11.3. The first kappa shape index (κ1) is 19.3. The maximum atomic E-state index is 6.69. The van der Waals surface area contributed by atoms with Crippen LogP contribution in [0.2, 0.25) is 0 Å². The van der Waals surface area contributed by atoms with E-state index in [2.05, 4.69) is 115 Å². The van der Waals surface area contributed by atoms with Crippen LogP contribution < -0.4 is 5.73 Å². The number of benzene rings is 6. The smallest absolute Gasteiger partial charge is 0.0400 e. The average Bonchev–Trinajstić information content (AvgIpc) is 2.88. The van der Waals surface area contributed by atoms with Crippen molar-refractivity contribution in [3.05, 3.63) is 127 Å². The Kier molecular flexibility index (Phi) is 4.66. The summed E-state index contributed by atoms with van der Waals surface area (Å²) in [6.07, 6.45) is 0. The van der Waals surface area contributed by atoms with Crippen LogP contribution in [-0.2, 0) is 0 Å². The lowest BCUT2D eigenvalue weighted by atomic mass is 9.83. The molecule has 1 nitrogen and oxygen atoms in total. The van der Waals surface area contributed by atoms with Crippen molar-refractivity contribution >= 4 is 27.2 Å². The average molecular weight is 422 g/mol.